The van der Waals surface area contributed by atoms with Gasteiger partial charge in [-0.1, -0.05) is 289 Å². The van der Waals surface area contributed by atoms with E-state index in [0.29, 0.717) is 12.8 Å². The van der Waals surface area contributed by atoms with Crippen LogP contribution in [0.4, 0.5) is 0 Å². The van der Waals surface area contributed by atoms with Crippen LogP contribution in [0, 0.1) is 0 Å². The summed E-state index contributed by atoms with van der Waals surface area (Å²) in [5.74, 6) is -0.569. The Morgan fingerprint density at radius 1 is 0.349 bits per heavy atom. The first-order valence-corrected chi connectivity index (χ1v) is 28.7. The van der Waals surface area contributed by atoms with Crippen LogP contribution in [0.15, 0.2) is 12.2 Å². The second kappa shape index (κ2) is 55.0. The fourth-order valence-electron chi connectivity index (χ4n) is 8.97. The Bertz CT molecular complexity index is 917. The van der Waals surface area contributed by atoms with Gasteiger partial charge in [0.2, 0.25) is 0 Å². The Labute approximate surface area is 394 Å². The molecule has 0 spiro atoms. The van der Waals surface area contributed by atoms with Crippen LogP contribution in [0.2, 0.25) is 0 Å². The van der Waals surface area contributed by atoms with Gasteiger partial charge in [-0.2, -0.15) is 0 Å². The van der Waals surface area contributed by atoms with E-state index in [9.17, 15) is 14.7 Å². The van der Waals surface area contributed by atoms with Crippen LogP contribution in [0.3, 0.4) is 0 Å². The zero-order valence-corrected chi connectivity index (χ0v) is 42.9. The van der Waals surface area contributed by atoms with Crippen LogP contribution >= 0.6 is 0 Å². The third-order valence-corrected chi connectivity index (χ3v) is 13.3. The third-order valence-electron chi connectivity index (χ3n) is 13.3. The molecule has 0 aliphatic heterocycles. The third kappa shape index (κ3) is 53.1. The number of hydrogen-bond acceptors (Lipinski definition) is 5. The lowest BCUT2D eigenvalue weighted by atomic mass is 10.0. The van der Waals surface area contributed by atoms with Crippen molar-refractivity contribution in [2.45, 2.75) is 335 Å². The van der Waals surface area contributed by atoms with E-state index in [1.54, 1.807) is 0 Å². The predicted octanol–water partition coefficient (Wildman–Crippen LogP) is 19.1. The first-order chi connectivity index (χ1) is 31.1. The molecule has 5 nitrogen and oxygen atoms in total. The number of ether oxygens (including phenoxy) is 2. The Hall–Kier alpha value is -1.36. The van der Waals surface area contributed by atoms with Gasteiger partial charge in [-0.15, -0.1) is 0 Å². The standard InChI is InChI=1S/C58H112O5/c1-3-5-7-9-11-13-15-17-19-21-23-25-27-28-29-31-32-34-36-38-40-42-44-46-48-50-52-57(60)62-55-56(54-59)63-58(61)53-51-49-47-45-43-41-39-37-35-33-30-26-24-22-20-18-16-14-12-10-8-6-4-2/h22,24,56,59H,3-21,23,25-55H2,1-2H3/b24-22-. The lowest BCUT2D eigenvalue weighted by molar-refractivity contribution is -0.161. The van der Waals surface area contributed by atoms with Gasteiger partial charge in [-0.25, -0.2) is 0 Å². The molecule has 0 saturated carbocycles. The molecule has 0 saturated heterocycles. The van der Waals surface area contributed by atoms with E-state index in [1.807, 2.05) is 0 Å². The second-order valence-electron chi connectivity index (χ2n) is 19.7. The molecule has 0 aromatic carbocycles. The number of unbranched alkanes of at least 4 members (excludes halogenated alkanes) is 44. The molecule has 374 valence electrons. The van der Waals surface area contributed by atoms with Gasteiger partial charge >= 0.3 is 11.9 Å². The summed E-state index contributed by atoms with van der Waals surface area (Å²) in [5.41, 5.74) is 0. The molecule has 0 fully saturated rings. The summed E-state index contributed by atoms with van der Waals surface area (Å²) in [4.78, 5) is 24.5. The molecule has 0 aromatic rings. The van der Waals surface area contributed by atoms with Crippen molar-refractivity contribution in [2.24, 2.45) is 0 Å². The molecular weight excluding hydrogens is 777 g/mol. The Balaban J connectivity index is 3.41. The van der Waals surface area contributed by atoms with Gasteiger partial charge in [-0.05, 0) is 38.5 Å². The van der Waals surface area contributed by atoms with Crippen LogP contribution in [0.25, 0.3) is 0 Å². The fraction of sp³-hybridized carbons (Fsp3) is 0.931. The molecule has 0 aliphatic carbocycles. The zero-order chi connectivity index (χ0) is 45.6. The van der Waals surface area contributed by atoms with Crippen molar-refractivity contribution in [3.8, 4) is 0 Å². The summed E-state index contributed by atoms with van der Waals surface area (Å²) >= 11 is 0. The highest BCUT2D eigenvalue weighted by atomic mass is 16.6. The number of allylic oxidation sites excluding steroid dienone is 2. The van der Waals surface area contributed by atoms with Crippen molar-refractivity contribution < 1.29 is 24.2 Å². The summed E-state index contributed by atoms with van der Waals surface area (Å²) in [6.45, 7) is 4.20. The number of aliphatic hydroxyl groups excluding tert-OH is 1. The Morgan fingerprint density at radius 2 is 0.587 bits per heavy atom. The minimum Gasteiger partial charge on any atom is -0.462 e. The minimum atomic E-state index is -0.767. The van der Waals surface area contributed by atoms with Gasteiger partial charge in [-0.3, -0.25) is 9.59 Å². The van der Waals surface area contributed by atoms with Crippen molar-refractivity contribution in [2.75, 3.05) is 13.2 Å². The number of carbonyl (C=O) groups is 2. The first kappa shape index (κ1) is 61.6. The van der Waals surface area contributed by atoms with Crippen molar-refractivity contribution in [3.63, 3.8) is 0 Å². The lowest BCUT2D eigenvalue weighted by Crippen LogP contribution is -2.28. The molecule has 1 unspecified atom stereocenters. The number of carbonyl (C=O) groups excluding carboxylic acids is 2. The molecule has 0 heterocycles. The number of esters is 2. The maximum atomic E-state index is 12.3. The van der Waals surface area contributed by atoms with Crippen molar-refractivity contribution in [1.29, 1.82) is 0 Å². The molecule has 1 N–H and O–H groups in total. The van der Waals surface area contributed by atoms with Crippen LogP contribution in [0.5, 0.6) is 0 Å². The molecule has 5 heteroatoms. The van der Waals surface area contributed by atoms with Gasteiger partial charge in [0.05, 0.1) is 6.61 Å². The van der Waals surface area contributed by atoms with Crippen LogP contribution in [0.1, 0.15) is 328 Å². The van der Waals surface area contributed by atoms with Gasteiger partial charge in [0.25, 0.3) is 0 Å². The van der Waals surface area contributed by atoms with E-state index in [1.165, 1.54) is 270 Å². The Morgan fingerprint density at radius 3 is 0.857 bits per heavy atom. The van der Waals surface area contributed by atoms with Crippen molar-refractivity contribution in [3.05, 3.63) is 12.2 Å². The zero-order valence-electron chi connectivity index (χ0n) is 42.9. The van der Waals surface area contributed by atoms with E-state index >= 15 is 0 Å². The number of rotatable bonds is 54. The second-order valence-corrected chi connectivity index (χ2v) is 19.7. The van der Waals surface area contributed by atoms with E-state index in [-0.39, 0.29) is 25.2 Å². The summed E-state index contributed by atoms with van der Waals surface area (Å²) in [6, 6.07) is 0. The molecule has 63 heavy (non-hydrogen) atoms. The summed E-state index contributed by atoms with van der Waals surface area (Å²) in [7, 11) is 0. The number of aliphatic hydroxyl groups is 1. The molecular formula is C58H112O5. The molecule has 0 bridgehead atoms. The van der Waals surface area contributed by atoms with Gasteiger partial charge in [0.1, 0.15) is 6.61 Å². The van der Waals surface area contributed by atoms with Crippen molar-refractivity contribution in [1.82, 2.24) is 0 Å². The fourth-order valence-corrected chi connectivity index (χ4v) is 8.97. The van der Waals surface area contributed by atoms with E-state index < -0.39 is 6.10 Å². The van der Waals surface area contributed by atoms with Crippen molar-refractivity contribution >= 4 is 11.9 Å². The summed E-state index contributed by atoms with van der Waals surface area (Å²) in [6.07, 6.45) is 67.6. The van der Waals surface area contributed by atoms with Gasteiger partial charge in [0.15, 0.2) is 6.10 Å². The van der Waals surface area contributed by atoms with Crippen LogP contribution in [-0.2, 0) is 19.1 Å². The minimum absolute atomic E-state index is 0.0585. The van der Waals surface area contributed by atoms with Crippen LogP contribution < -0.4 is 0 Å². The average Bonchev–Trinajstić information content (AvgIpc) is 3.29. The molecule has 0 aromatic heterocycles. The topological polar surface area (TPSA) is 72.8 Å². The van der Waals surface area contributed by atoms with E-state index in [4.69, 9.17) is 9.47 Å². The predicted molar refractivity (Wildman–Crippen MR) is 275 cm³/mol. The maximum Gasteiger partial charge on any atom is 0.306 e. The van der Waals surface area contributed by atoms with Crippen LogP contribution in [-0.4, -0.2) is 36.4 Å². The first-order valence-electron chi connectivity index (χ1n) is 28.7. The monoisotopic (exact) mass is 889 g/mol. The molecule has 0 rings (SSSR count). The van der Waals surface area contributed by atoms with Gasteiger partial charge in [0, 0.05) is 12.8 Å². The normalized spacial score (nSPS) is 12.1. The van der Waals surface area contributed by atoms with E-state index in [0.717, 1.165) is 32.1 Å². The van der Waals surface area contributed by atoms with Gasteiger partial charge < -0.3 is 14.6 Å². The molecule has 0 radical (unpaired) electrons. The SMILES string of the molecule is CCCCCCCCCC/C=C\CCCCCCCCCCCCCC(=O)OC(CO)COC(=O)CCCCCCCCCCCCCCCCCCCCCCCCCCCC. The lowest BCUT2D eigenvalue weighted by Gasteiger charge is -2.15. The number of hydrogen-bond donors (Lipinski definition) is 1. The molecule has 0 amide bonds. The van der Waals surface area contributed by atoms with E-state index in [2.05, 4.69) is 26.0 Å². The maximum absolute atomic E-state index is 12.3. The summed E-state index contributed by atoms with van der Waals surface area (Å²) < 4.78 is 10.7. The highest BCUT2D eigenvalue weighted by molar-refractivity contribution is 5.70. The molecule has 1 atom stereocenters. The summed E-state index contributed by atoms with van der Waals surface area (Å²) in [5, 5.41) is 9.65. The highest BCUT2D eigenvalue weighted by Gasteiger charge is 2.16. The molecule has 0 aliphatic rings. The Kier molecular flexibility index (Phi) is 53.8. The highest BCUT2D eigenvalue weighted by Crippen LogP contribution is 2.18. The largest absolute Gasteiger partial charge is 0.462 e. The smallest absolute Gasteiger partial charge is 0.306 e. The quantitative estimate of drug-likeness (QED) is 0.0374. The average molecular weight is 890 g/mol.